The fourth-order valence-electron chi connectivity index (χ4n) is 10.3. The summed E-state index contributed by atoms with van der Waals surface area (Å²) in [6.07, 6.45) is 6.46. The smallest absolute Gasteiger partial charge is 0.136 e. The highest BCUT2D eigenvalue weighted by Gasteiger charge is 2.25. The lowest BCUT2D eigenvalue weighted by atomic mass is 9.80. The Morgan fingerprint density at radius 3 is 1.80 bits per heavy atom. The van der Waals surface area contributed by atoms with Gasteiger partial charge in [-0.2, -0.15) is 0 Å². The molecule has 3 heteroatoms. The van der Waals surface area contributed by atoms with E-state index >= 15 is 0 Å². The number of benzene rings is 9. The Kier molecular flexibility index (Phi) is 8.82. The standard InChI is InChI=1S/C58H43NOS/c1-2-15-39(16-3-1)43-23-12-17-40-18-13-24-48(57(40)43)44-19-4-8-26-51(44)59(42-34-31-38(32-35-42)41-33-36-47-46-21-6-10-28-53(46)60-54(47)37-41)52-27-9-5-20-45(52)49-25-14-30-56-58(49)50-22-7-11-29-55(50)61-56/h4-14,17-37,39H,1-3,15-16H2. The molecule has 1 aliphatic rings. The fraction of sp³-hybridized carbons (Fsp3) is 0.103. The third kappa shape index (κ3) is 6.14. The van der Waals surface area contributed by atoms with E-state index in [4.69, 9.17) is 4.42 Å². The number of hydrogen-bond donors (Lipinski definition) is 0. The molecule has 11 aromatic rings. The number of rotatable bonds is 7. The number of furan rings is 1. The van der Waals surface area contributed by atoms with Crippen molar-refractivity contribution in [1.29, 1.82) is 0 Å². The molecule has 0 bridgehead atoms. The van der Waals surface area contributed by atoms with Crippen molar-refractivity contribution < 1.29 is 4.42 Å². The Hall–Kier alpha value is -6.94. The lowest BCUT2D eigenvalue weighted by Crippen LogP contribution is -2.12. The molecule has 0 saturated heterocycles. The van der Waals surface area contributed by atoms with Crippen molar-refractivity contribution in [3.05, 3.63) is 200 Å². The molecule has 292 valence electrons. The van der Waals surface area contributed by atoms with Crippen LogP contribution in [0, 0.1) is 0 Å². The van der Waals surface area contributed by atoms with Crippen molar-refractivity contribution in [2.24, 2.45) is 0 Å². The summed E-state index contributed by atoms with van der Waals surface area (Å²) in [6.45, 7) is 0. The topological polar surface area (TPSA) is 16.4 Å². The number of anilines is 3. The van der Waals surface area contributed by atoms with Crippen LogP contribution in [-0.4, -0.2) is 0 Å². The maximum atomic E-state index is 6.32. The highest BCUT2D eigenvalue weighted by Crippen LogP contribution is 2.50. The van der Waals surface area contributed by atoms with Crippen LogP contribution in [0.2, 0.25) is 0 Å². The van der Waals surface area contributed by atoms with Crippen molar-refractivity contribution in [2.45, 2.75) is 38.0 Å². The zero-order valence-electron chi connectivity index (χ0n) is 33.9. The van der Waals surface area contributed by atoms with E-state index in [2.05, 4.69) is 187 Å². The van der Waals surface area contributed by atoms with Crippen molar-refractivity contribution in [1.82, 2.24) is 0 Å². The van der Waals surface area contributed by atoms with E-state index in [0.29, 0.717) is 5.92 Å². The zero-order chi connectivity index (χ0) is 40.3. The van der Waals surface area contributed by atoms with E-state index in [1.165, 1.54) is 90.9 Å². The van der Waals surface area contributed by atoms with Crippen molar-refractivity contribution in [3.8, 4) is 33.4 Å². The summed E-state index contributed by atoms with van der Waals surface area (Å²) in [6, 6.07) is 71.6. The van der Waals surface area contributed by atoms with Crippen molar-refractivity contribution in [3.63, 3.8) is 0 Å². The molecule has 1 fully saturated rings. The number of thiophene rings is 1. The van der Waals surface area contributed by atoms with Crippen LogP contribution in [0.25, 0.3) is 86.3 Å². The second-order valence-corrected chi connectivity index (χ2v) is 17.7. The molecule has 1 aliphatic carbocycles. The van der Waals surface area contributed by atoms with Crippen LogP contribution in [-0.2, 0) is 0 Å². The summed E-state index contributed by atoms with van der Waals surface area (Å²) >= 11 is 1.87. The summed E-state index contributed by atoms with van der Waals surface area (Å²) < 4.78 is 8.94. The summed E-state index contributed by atoms with van der Waals surface area (Å²) in [5.74, 6) is 0.579. The van der Waals surface area contributed by atoms with Crippen LogP contribution in [0.15, 0.2) is 199 Å². The monoisotopic (exact) mass is 801 g/mol. The van der Waals surface area contributed by atoms with Gasteiger partial charge in [0.2, 0.25) is 0 Å². The average Bonchev–Trinajstić information content (AvgIpc) is 3.90. The average molecular weight is 802 g/mol. The molecule has 12 rings (SSSR count). The predicted octanol–water partition coefficient (Wildman–Crippen LogP) is 17.6. The Morgan fingerprint density at radius 2 is 1.02 bits per heavy atom. The van der Waals surface area contributed by atoms with Crippen LogP contribution in [0.4, 0.5) is 17.1 Å². The van der Waals surface area contributed by atoms with E-state index in [1.54, 1.807) is 0 Å². The number of nitrogens with zero attached hydrogens (tertiary/aromatic N) is 1. The van der Waals surface area contributed by atoms with Gasteiger partial charge in [0.1, 0.15) is 11.2 Å². The molecule has 2 aromatic heterocycles. The van der Waals surface area contributed by atoms with Gasteiger partial charge in [0.15, 0.2) is 0 Å². The van der Waals surface area contributed by atoms with E-state index < -0.39 is 0 Å². The lowest BCUT2D eigenvalue weighted by Gasteiger charge is -2.31. The van der Waals surface area contributed by atoms with Gasteiger partial charge in [-0.3, -0.25) is 0 Å². The Labute approximate surface area is 360 Å². The SMILES string of the molecule is c1ccc(N(c2ccc(-c3ccc4c(c3)oc3ccccc34)cc2)c2ccccc2-c2cccc3sc4ccccc4c23)c(-c2cccc3cccc(C4CCCCC4)c23)c1. The molecule has 0 N–H and O–H groups in total. The summed E-state index contributed by atoms with van der Waals surface area (Å²) in [7, 11) is 0. The predicted molar refractivity (Wildman–Crippen MR) is 261 cm³/mol. The summed E-state index contributed by atoms with van der Waals surface area (Å²) in [5, 5.41) is 7.61. The fourth-order valence-corrected chi connectivity index (χ4v) is 11.4. The normalized spacial score (nSPS) is 13.5. The minimum Gasteiger partial charge on any atom is -0.456 e. The van der Waals surface area contributed by atoms with Crippen LogP contribution in [0.3, 0.4) is 0 Å². The van der Waals surface area contributed by atoms with Crippen LogP contribution in [0.1, 0.15) is 43.6 Å². The maximum absolute atomic E-state index is 6.32. The van der Waals surface area contributed by atoms with E-state index in [0.717, 1.165) is 50.1 Å². The first-order valence-electron chi connectivity index (χ1n) is 21.7. The zero-order valence-corrected chi connectivity index (χ0v) is 34.7. The minimum absolute atomic E-state index is 0.579. The third-order valence-electron chi connectivity index (χ3n) is 13.1. The van der Waals surface area contributed by atoms with Gasteiger partial charge in [-0.05, 0) is 112 Å². The lowest BCUT2D eigenvalue weighted by molar-refractivity contribution is 0.445. The molecule has 2 nitrogen and oxygen atoms in total. The van der Waals surface area contributed by atoms with Gasteiger partial charge in [0.25, 0.3) is 0 Å². The number of fused-ring (bicyclic) bond motifs is 7. The molecular weight excluding hydrogens is 759 g/mol. The number of hydrogen-bond acceptors (Lipinski definition) is 3. The second-order valence-electron chi connectivity index (χ2n) is 16.6. The van der Waals surface area contributed by atoms with Gasteiger partial charge < -0.3 is 9.32 Å². The van der Waals surface area contributed by atoms with Gasteiger partial charge in [-0.1, -0.05) is 159 Å². The highest BCUT2D eigenvalue weighted by molar-refractivity contribution is 7.25. The van der Waals surface area contributed by atoms with Gasteiger partial charge in [0, 0.05) is 47.8 Å². The quantitative estimate of drug-likeness (QED) is 0.160. The van der Waals surface area contributed by atoms with Gasteiger partial charge in [-0.25, -0.2) is 0 Å². The van der Waals surface area contributed by atoms with E-state index in [-0.39, 0.29) is 0 Å². The van der Waals surface area contributed by atoms with E-state index in [1.807, 2.05) is 23.5 Å². The molecule has 61 heavy (non-hydrogen) atoms. The summed E-state index contributed by atoms with van der Waals surface area (Å²) in [5.41, 5.74) is 14.0. The van der Waals surface area contributed by atoms with Gasteiger partial charge in [0.05, 0.1) is 11.4 Å². The van der Waals surface area contributed by atoms with E-state index in [9.17, 15) is 0 Å². The molecule has 2 heterocycles. The molecule has 0 atom stereocenters. The van der Waals surface area contributed by atoms with Gasteiger partial charge >= 0.3 is 0 Å². The maximum Gasteiger partial charge on any atom is 0.136 e. The Bertz CT molecular complexity index is 3410. The van der Waals surface area contributed by atoms with Gasteiger partial charge in [-0.15, -0.1) is 11.3 Å². The molecule has 0 spiro atoms. The van der Waals surface area contributed by atoms with Crippen molar-refractivity contribution >= 4 is 81.3 Å². The first-order valence-corrected chi connectivity index (χ1v) is 22.5. The Balaban J connectivity index is 1.07. The Morgan fingerprint density at radius 1 is 0.426 bits per heavy atom. The first-order chi connectivity index (χ1) is 30.3. The largest absolute Gasteiger partial charge is 0.456 e. The molecule has 9 aromatic carbocycles. The molecular formula is C58H43NOS. The molecule has 0 radical (unpaired) electrons. The second kappa shape index (κ2) is 15.0. The molecule has 0 amide bonds. The van der Waals surface area contributed by atoms with Crippen LogP contribution >= 0.6 is 11.3 Å². The van der Waals surface area contributed by atoms with Crippen molar-refractivity contribution in [2.75, 3.05) is 4.90 Å². The first kappa shape index (κ1) is 36.0. The van der Waals surface area contributed by atoms with Crippen LogP contribution in [0.5, 0.6) is 0 Å². The summed E-state index contributed by atoms with van der Waals surface area (Å²) in [4.78, 5) is 2.51. The molecule has 0 unspecified atom stereocenters. The molecule has 0 aliphatic heterocycles. The highest BCUT2D eigenvalue weighted by atomic mass is 32.1. The minimum atomic E-state index is 0.579. The third-order valence-corrected chi connectivity index (χ3v) is 14.2. The number of para-hydroxylation sites is 3. The van der Waals surface area contributed by atoms with Crippen LogP contribution < -0.4 is 4.90 Å². The molecule has 1 saturated carbocycles.